The number of carboxylic acid groups (broad SMARTS) is 1. The van der Waals surface area contributed by atoms with Crippen LogP contribution in [0.1, 0.15) is 11.4 Å². The van der Waals surface area contributed by atoms with Crippen molar-refractivity contribution in [3.63, 3.8) is 0 Å². The molecule has 1 N–H and O–H groups in total. The van der Waals surface area contributed by atoms with E-state index in [0.29, 0.717) is 0 Å². The van der Waals surface area contributed by atoms with Gasteiger partial charge < -0.3 is 9.84 Å². The maximum absolute atomic E-state index is 12.2. The number of hydrogen-bond donors (Lipinski definition) is 1. The summed E-state index contributed by atoms with van der Waals surface area (Å²) in [5.74, 6) is -1.94. The lowest BCUT2D eigenvalue weighted by atomic mass is 10.2. The zero-order valence-corrected chi connectivity index (χ0v) is 11.5. The van der Waals surface area contributed by atoms with E-state index < -0.39 is 24.5 Å². The Morgan fingerprint density at radius 2 is 2.17 bits per heavy atom. The van der Waals surface area contributed by atoms with Gasteiger partial charge in [0.05, 0.1) is 27.3 Å². The van der Waals surface area contributed by atoms with Gasteiger partial charge in [0, 0.05) is 0 Å². The van der Waals surface area contributed by atoms with Crippen molar-refractivity contribution in [1.82, 2.24) is 4.98 Å². The fourth-order valence-electron chi connectivity index (χ4n) is 1.17. The molecule has 0 saturated carbocycles. The van der Waals surface area contributed by atoms with Gasteiger partial charge in [0.2, 0.25) is 0 Å². The predicted octanol–water partition coefficient (Wildman–Crippen LogP) is 2.95. The molecule has 0 bridgehead atoms. The second kappa shape index (κ2) is 5.91. The van der Waals surface area contributed by atoms with E-state index in [1.807, 2.05) is 0 Å². The van der Waals surface area contributed by atoms with Crippen LogP contribution in [0.15, 0.2) is 6.07 Å². The van der Waals surface area contributed by atoms with E-state index in [4.69, 9.17) is 16.7 Å². The normalized spacial score (nSPS) is 11.4. The zero-order chi connectivity index (χ0) is 13.9. The van der Waals surface area contributed by atoms with Gasteiger partial charge in [-0.2, -0.15) is 0 Å². The first-order chi connectivity index (χ1) is 8.23. The van der Waals surface area contributed by atoms with Gasteiger partial charge in [0.25, 0.3) is 0 Å². The van der Waals surface area contributed by atoms with Crippen molar-refractivity contribution < 1.29 is 27.8 Å². The number of hydrogen-bond acceptors (Lipinski definition) is 3. The summed E-state index contributed by atoms with van der Waals surface area (Å²) in [6.07, 6.45) is -5.25. The molecule has 1 heterocycles. The van der Waals surface area contributed by atoms with Crippen LogP contribution in [0, 0.1) is 3.57 Å². The summed E-state index contributed by atoms with van der Waals surface area (Å²) >= 11 is 7.09. The molecule has 0 aromatic carbocycles. The Morgan fingerprint density at radius 1 is 1.56 bits per heavy atom. The van der Waals surface area contributed by atoms with Crippen molar-refractivity contribution in [2.75, 3.05) is 0 Å². The number of aromatic nitrogens is 1. The summed E-state index contributed by atoms with van der Waals surface area (Å²) in [5, 5.41) is 8.59. The van der Waals surface area contributed by atoms with Crippen LogP contribution in [0.25, 0.3) is 0 Å². The maximum atomic E-state index is 12.2. The summed E-state index contributed by atoms with van der Waals surface area (Å²) in [7, 11) is 0. The van der Waals surface area contributed by atoms with Gasteiger partial charge in [0.1, 0.15) is 0 Å². The van der Waals surface area contributed by atoms with E-state index in [2.05, 4.69) is 9.72 Å². The van der Waals surface area contributed by atoms with Crippen molar-refractivity contribution in [2.24, 2.45) is 0 Å². The number of ether oxygens (including phenoxy) is 1. The predicted molar refractivity (Wildman–Crippen MR) is 64.5 cm³/mol. The van der Waals surface area contributed by atoms with Crippen LogP contribution in [0.2, 0.25) is 0 Å². The van der Waals surface area contributed by atoms with E-state index in [-0.39, 0.29) is 20.8 Å². The minimum absolute atomic E-state index is 0.104. The van der Waals surface area contributed by atoms with Crippen molar-refractivity contribution in [1.29, 1.82) is 0 Å². The van der Waals surface area contributed by atoms with Crippen molar-refractivity contribution >= 4 is 40.2 Å². The molecule has 0 spiro atoms. The minimum atomic E-state index is -4.85. The maximum Gasteiger partial charge on any atom is 0.573 e. The monoisotopic (exact) mass is 395 g/mol. The first kappa shape index (κ1) is 15.3. The largest absolute Gasteiger partial charge is 0.573 e. The van der Waals surface area contributed by atoms with Gasteiger partial charge >= 0.3 is 12.3 Å². The van der Waals surface area contributed by atoms with Crippen LogP contribution < -0.4 is 4.74 Å². The summed E-state index contributed by atoms with van der Waals surface area (Å²) in [6.45, 7) is 0. The van der Waals surface area contributed by atoms with E-state index in [9.17, 15) is 18.0 Å². The Hall–Kier alpha value is -0.770. The lowest BCUT2D eigenvalue weighted by Gasteiger charge is -2.14. The van der Waals surface area contributed by atoms with Gasteiger partial charge in [-0.05, 0) is 28.7 Å². The standard InChI is InChI=1S/C9H6ClF3INO3/c10-3-6-8(18-9(11,12)13)5(14)1-4(15-6)2-7(16)17/h1H,2-3H2,(H,16,17). The molecule has 18 heavy (non-hydrogen) atoms. The highest BCUT2D eigenvalue weighted by Crippen LogP contribution is 2.31. The quantitative estimate of drug-likeness (QED) is 0.629. The second-order valence-corrected chi connectivity index (χ2v) is 4.55. The average Bonchev–Trinajstić information content (AvgIpc) is 2.19. The van der Waals surface area contributed by atoms with Crippen LogP contribution >= 0.6 is 34.2 Å². The highest BCUT2D eigenvalue weighted by atomic mass is 127. The third kappa shape index (κ3) is 4.48. The number of pyridine rings is 1. The molecule has 100 valence electrons. The molecule has 9 heteroatoms. The molecule has 4 nitrogen and oxygen atoms in total. The Labute approximate surface area is 118 Å². The summed E-state index contributed by atoms with van der Waals surface area (Å²) < 4.78 is 40.4. The van der Waals surface area contributed by atoms with Crippen LogP contribution in [0.4, 0.5) is 13.2 Å². The summed E-state index contributed by atoms with van der Waals surface area (Å²) in [4.78, 5) is 14.2. The zero-order valence-electron chi connectivity index (χ0n) is 8.59. The highest BCUT2D eigenvalue weighted by Gasteiger charge is 2.33. The lowest BCUT2D eigenvalue weighted by Crippen LogP contribution is -2.19. The van der Waals surface area contributed by atoms with E-state index >= 15 is 0 Å². The topological polar surface area (TPSA) is 59.4 Å². The molecule has 1 aromatic rings. The van der Waals surface area contributed by atoms with Gasteiger partial charge in [-0.25, -0.2) is 0 Å². The molecule has 0 unspecified atom stereocenters. The SMILES string of the molecule is O=C(O)Cc1cc(I)c(OC(F)(F)F)c(CCl)n1. The fraction of sp³-hybridized carbons (Fsp3) is 0.333. The molecule has 0 amide bonds. The number of aliphatic carboxylic acids is 1. The van der Waals surface area contributed by atoms with Gasteiger partial charge in [-0.15, -0.1) is 24.8 Å². The molecular weight excluding hydrogens is 389 g/mol. The third-order valence-corrected chi connectivity index (χ3v) is 2.78. The first-order valence-corrected chi connectivity index (χ1v) is 6.06. The lowest BCUT2D eigenvalue weighted by molar-refractivity contribution is -0.275. The molecule has 0 aliphatic heterocycles. The van der Waals surface area contributed by atoms with Crippen LogP contribution in [0.3, 0.4) is 0 Å². The van der Waals surface area contributed by atoms with Crippen LogP contribution in [0.5, 0.6) is 5.75 Å². The Morgan fingerprint density at radius 3 is 2.61 bits per heavy atom. The first-order valence-electron chi connectivity index (χ1n) is 4.44. The Kier molecular flexibility index (Phi) is 5.02. The number of alkyl halides is 4. The average molecular weight is 396 g/mol. The van der Waals surface area contributed by atoms with Crippen molar-refractivity contribution in [3.05, 3.63) is 21.0 Å². The number of carboxylic acids is 1. The summed E-state index contributed by atoms with van der Waals surface area (Å²) in [5.41, 5.74) is -0.0192. The number of nitrogens with zero attached hydrogens (tertiary/aromatic N) is 1. The Balaban J connectivity index is 3.15. The van der Waals surface area contributed by atoms with E-state index in [1.165, 1.54) is 6.07 Å². The van der Waals surface area contributed by atoms with Gasteiger partial charge in [0.15, 0.2) is 5.75 Å². The molecule has 0 aliphatic carbocycles. The van der Waals surface area contributed by atoms with Crippen LogP contribution in [-0.2, 0) is 17.1 Å². The number of rotatable bonds is 4. The van der Waals surface area contributed by atoms with E-state index in [0.717, 1.165) is 0 Å². The highest BCUT2D eigenvalue weighted by molar-refractivity contribution is 14.1. The Bertz CT molecular complexity index is 467. The minimum Gasteiger partial charge on any atom is -0.481 e. The molecule has 0 fully saturated rings. The van der Waals surface area contributed by atoms with Crippen molar-refractivity contribution in [2.45, 2.75) is 18.7 Å². The third-order valence-electron chi connectivity index (χ3n) is 1.73. The molecule has 1 aromatic heterocycles. The fourth-order valence-corrected chi connectivity index (χ4v) is 2.13. The number of carbonyl (C=O) groups is 1. The second-order valence-electron chi connectivity index (χ2n) is 3.12. The molecule has 0 radical (unpaired) electrons. The molecular formula is C9H6ClF3INO3. The van der Waals surface area contributed by atoms with E-state index in [1.54, 1.807) is 22.6 Å². The van der Waals surface area contributed by atoms with Gasteiger partial charge in [-0.1, -0.05) is 0 Å². The molecule has 0 saturated heterocycles. The molecule has 0 atom stereocenters. The van der Waals surface area contributed by atoms with Crippen LogP contribution in [-0.4, -0.2) is 22.4 Å². The molecule has 1 rings (SSSR count). The smallest absolute Gasteiger partial charge is 0.481 e. The number of halogens is 5. The van der Waals surface area contributed by atoms with Gasteiger partial charge in [-0.3, -0.25) is 9.78 Å². The summed E-state index contributed by atoms with van der Waals surface area (Å²) in [6, 6.07) is 1.21. The molecule has 0 aliphatic rings. The van der Waals surface area contributed by atoms with Crippen molar-refractivity contribution in [3.8, 4) is 5.75 Å².